The molecule has 9 heavy (non-hydrogen) atoms. The van der Waals surface area contributed by atoms with Crippen molar-refractivity contribution >= 4 is 11.9 Å². The maximum atomic E-state index is 10.0. The van der Waals surface area contributed by atoms with Gasteiger partial charge in [0.2, 0.25) is 0 Å². The van der Waals surface area contributed by atoms with E-state index in [4.69, 9.17) is 16.2 Å². The Labute approximate surface area is 52.6 Å². The van der Waals surface area contributed by atoms with Crippen LogP contribution in [0.1, 0.15) is 0 Å². The Morgan fingerprint density at radius 1 is 1.89 bits per heavy atom. The zero-order chi connectivity index (χ0) is 7.44. The van der Waals surface area contributed by atoms with Gasteiger partial charge in [-0.3, -0.25) is 5.41 Å². The summed E-state index contributed by atoms with van der Waals surface area (Å²) in [5, 5.41) is 14.9. The number of carboxylic acid groups (broad SMARTS) is 1. The monoisotopic (exact) mass is 131 g/mol. The molecule has 0 radical (unpaired) electrons. The fraction of sp³-hybridized carbons (Fsp3) is 0.500. The first-order valence-corrected chi connectivity index (χ1v) is 2.31. The number of nitrogens with two attached hydrogens (primary N) is 1. The summed E-state index contributed by atoms with van der Waals surface area (Å²) in [4.78, 5) is 10.9. The lowest BCUT2D eigenvalue weighted by molar-refractivity contribution is 0.161. The second-order valence-corrected chi connectivity index (χ2v) is 1.66. The molecule has 0 fully saturated rings. The smallest absolute Gasteiger partial charge is 0.407 e. The fourth-order valence-electron chi connectivity index (χ4n) is 0.323. The highest BCUT2D eigenvalue weighted by atomic mass is 16.4. The predicted octanol–water partition coefficient (Wildman–Crippen LogP) is -0.468. The van der Waals surface area contributed by atoms with E-state index in [9.17, 15) is 4.79 Å². The lowest BCUT2D eigenvalue weighted by atomic mass is 10.5. The summed E-state index contributed by atoms with van der Waals surface area (Å²) >= 11 is 0. The van der Waals surface area contributed by atoms with Gasteiger partial charge in [0.1, 0.15) is 5.84 Å². The first-order valence-electron chi connectivity index (χ1n) is 2.31. The van der Waals surface area contributed by atoms with Crippen LogP contribution < -0.4 is 5.73 Å². The second kappa shape index (κ2) is 2.91. The average Bonchev–Trinajstić information content (AvgIpc) is 1.63. The molecule has 0 aromatic heterocycles. The Morgan fingerprint density at radius 3 is 2.44 bits per heavy atom. The molecule has 4 N–H and O–H groups in total. The summed E-state index contributed by atoms with van der Waals surface area (Å²) < 4.78 is 0. The molecular formula is C4H9N3O2. The molecular weight excluding hydrogens is 122 g/mol. The van der Waals surface area contributed by atoms with Crippen LogP contribution in [0, 0.1) is 5.41 Å². The molecule has 0 unspecified atom stereocenters. The second-order valence-electron chi connectivity index (χ2n) is 1.66. The minimum atomic E-state index is -1.08. The van der Waals surface area contributed by atoms with E-state index in [0.29, 0.717) is 0 Å². The van der Waals surface area contributed by atoms with E-state index in [2.05, 4.69) is 0 Å². The third-order valence-corrected chi connectivity index (χ3v) is 0.734. The largest absolute Gasteiger partial charge is 0.465 e. The molecule has 5 nitrogen and oxygen atoms in total. The van der Waals surface area contributed by atoms with Crippen molar-refractivity contribution in [1.82, 2.24) is 4.90 Å². The Morgan fingerprint density at radius 2 is 2.33 bits per heavy atom. The number of nitrogens with zero attached hydrogens (tertiary/aromatic N) is 1. The molecule has 0 bridgehead atoms. The quantitative estimate of drug-likeness (QED) is 0.349. The highest BCUT2D eigenvalue weighted by molar-refractivity contribution is 5.82. The van der Waals surface area contributed by atoms with Crippen LogP contribution >= 0.6 is 0 Å². The molecule has 0 aliphatic heterocycles. The van der Waals surface area contributed by atoms with Crippen molar-refractivity contribution in [2.24, 2.45) is 5.73 Å². The van der Waals surface area contributed by atoms with Gasteiger partial charge in [-0.1, -0.05) is 0 Å². The van der Waals surface area contributed by atoms with Crippen molar-refractivity contribution in [3.63, 3.8) is 0 Å². The van der Waals surface area contributed by atoms with Gasteiger partial charge in [0, 0.05) is 7.05 Å². The number of carbonyl (C=O) groups is 1. The van der Waals surface area contributed by atoms with Crippen LogP contribution in [0.25, 0.3) is 0 Å². The van der Waals surface area contributed by atoms with Gasteiger partial charge in [-0.05, 0) is 0 Å². The molecule has 5 heteroatoms. The molecule has 0 spiro atoms. The summed E-state index contributed by atoms with van der Waals surface area (Å²) in [7, 11) is 1.35. The fourth-order valence-corrected chi connectivity index (χ4v) is 0.323. The van der Waals surface area contributed by atoms with E-state index in [1.807, 2.05) is 0 Å². The van der Waals surface area contributed by atoms with Crippen molar-refractivity contribution in [2.45, 2.75) is 0 Å². The van der Waals surface area contributed by atoms with Crippen molar-refractivity contribution in [2.75, 3.05) is 13.6 Å². The number of hydrogen-bond donors (Lipinski definition) is 3. The molecule has 0 saturated carbocycles. The van der Waals surface area contributed by atoms with Crippen LogP contribution in [0.2, 0.25) is 0 Å². The van der Waals surface area contributed by atoms with E-state index < -0.39 is 6.09 Å². The minimum absolute atomic E-state index is 0.0324. The summed E-state index contributed by atoms with van der Waals surface area (Å²) in [6.07, 6.45) is -1.08. The summed E-state index contributed by atoms with van der Waals surface area (Å²) in [5.41, 5.74) is 4.91. The van der Waals surface area contributed by atoms with Gasteiger partial charge in [-0.25, -0.2) is 4.79 Å². The molecule has 0 atom stereocenters. The highest BCUT2D eigenvalue weighted by Crippen LogP contribution is 1.79. The lowest BCUT2D eigenvalue weighted by Gasteiger charge is -2.09. The number of rotatable bonds is 2. The van der Waals surface area contributed by atoms with Crippen LogP contribution in [0.5, 0.6) is 0 Å². The summed E-state index contributed by atoms with van der Waals surface area (Å²) in [6, 6.07) is 0. The molecule has 0 saturated heterocycles. The SMILES string of the molecule is CN(CC(=N)N)C(=O)O. The Bertz CT molecular complexity index is 134. The first-order chi connectivity index (χ1) is 4.04. The van der Waals surface area contributed by atoms with Crippen molar-refractivity contribution < 1.29 is 9.90 Å². The molecule has 0 aliphatic rings. The van der Waals surface area contributed by atoms with Gasteiger partial charge in [0.05, 0.1) is 6.54 Å². The summed E-state index contributed by atoms with van der Waals surface area (Å²) in [6.45, 7) is -0.0324. The minimum Gasteiger partial charge on any atom is -0.465 e. The Balaban J connectivity index is 3.63. The van der Waals surface area contributed by atoms with Gasteiger partial charge in [0.25, 0.3) is 0 Å². The number of amidine groups is 1. The van der Waals surface area contributed by atoms with Crippen molar-refractivity contribution in [3.05, 3.63) is 0 Å². The molecule has 52 valence electrons. The first kappa shape index (κ1) is 7.74. The number of amides is 1. The number of nitrogens with one attached hydrogen (secondary N) is 1. The van der Waals surface area contributed by atoms with Gasteiger partial charge >= 0.3 is 6.09 Å². The Hall–Kier alpha value is -1.26. The van der Waals surface area contributed by atoms with Gasteiger partial charge in [0.15, 0.2) is 0 Å². The molecule has 0 aliphatic carbocycles. The van der Waals surface area contributed by atoms with Crippen molar-refractivity contribution in [3.8, 4) is 0 Å². The average molecular weight is 131 g/mol. The van der Waals surface area contributed by atoms with E-state index >= 15 is 0 Å². The van der Waals surface area contributed by atoms with Crippen LogP contribution in [0.15, 0.2) is 0 Å². The highest BCUT2D eigenvalue weighted by Gasteiger charge is 2.04. The number of likely N-dealkylation sites (N-methyl/N-ethyl adjacent to an activating group) is 1. The third-order valence-electron chi connectivity index (χ3n) is 0.734. The normalized spacial score (nSPS) is 8.56. The lowest BCUT2D eigenvalue weighted by Crippen LogP contribution is -2.33. The van der Waals surface area contributed by atoms with Crippen LogP contribution in [-0.4, -0.2) is 35.5 Å². The molecule has 0 aromatic rings. The standard InChI is InChI=1S/C4H9N3O2/c1-7(4(8)9)2-3(5)6/h2H2,1H3,(H3,5,6)(H,8,9). The van der Waals surface area contributed by atoms with E-state index in [1.54, 1.807) is 0 Å². The van der Waals surface area contributed by atoms with Crippen LogP contribution in [0.4, 0.5) is 4.79 Å². The van der Waals surface area contributed by atoms with Crippen LogP contribution in [-0.2, 0) is 0 Å². The van der Waals surface area contributed by atoms with Gasteiger partial charge in [-0.15, -0.1) is 0 Å². The van der Waals surface area contributed by atoms with E-state index in [1.165, 1.54) is 7.05 Å². The molecule has 0 aromatic carbocycles. The van der Waals surface area contributed by atoms with Crippen molar-refractivity contribution in [1.29, 1.82) is 5.41 Å². The van der Waals surface area contributed by atoms with Gasteiger partial charge in [-0.2, -0.15) is 0 Å². The molecule has 0 heterocycles. The molecule has 1 amide bonds. The molecule has 0 rings (SSSR count). The zero-order valence-corrected chi connectivity index (χ0v) is 5.09. The van der Waals surface area contributed by atoms with E-state index in [-0.39, 0.29) is 12.4 Å². The topological polar surface area (TPSA) is 90.4 Å². The maximum Gasteiger partial charge on any atom is 0.407 e. The maximum absolute atomic E-state index is 10.0. The zero-order valence-electron chi connectivity index (χ0n) is 5.09. The van der Waals surface area contributed by atoms with Crippen LogP contribution in [0.3, 0.4) is 0 Å². The van der Waals surface area contributed by atoms with E-state index in [0.717, 1.165) is 4.90 Å². The van der Waals surface area contributed by atoms with Gasteiger partial charge < -0.3 is 15.7 Å². The Kier molecular flexibility index (Phi) is 2.50. The number of hydrogen-bond acceptors (Lipinski definition) is 2. The summed E-state index contributed by atoms with van der Waals surface area (Å²) in [5.74, 6) is -0.153. The third kappa shape index (κ3) is 3.33. The predicted molar refractivity (Wildman–Crippen MR) is 32.6 cm³/mol.